The van der Waals surface area contributed by atoms with E-state index in [0.29, 0.717) is 0 Å². The van der Waals surface area contributed by atoms with Crippen molar-refractivity contribution < 1.29 is 9.47 Å². The molecule has 0 spiro atoms. The summed E-state index contributed by atoms with van der Waals surface area (Å²) in [4.78, 5) is 0. The highest BCUT2D eigenvalue weighted by Gasteiger charge is 2.23. The number of nitrogens with one attached hydrogen (secondary N) is 1. The van der Waals surface area contributed by atoms with Gasteiger partial charge in [-0.1, -0.05) is 12.1 Å². The molecule has 5 nitrogen and oxygen atoms in total. The first-order valence-corrected chi connectivity index (χ1v) is 8.62. The monoisotopic (exact) mass is 337 g/mol. The Morgan fingerprint density at radius 2 is 2.16 bits per heavy atom. The summed E-state index contributed by atoms with van der Waals surface area (Å²) in [5, 5.41) is 8.99. The van der Waals surface area contributed by atoms with Gasteiger partial charge >= 0.3 is 0 Å². The van der Waals surface area contributed by atoms with Crippen molar-refractivity contribution in [3.8, 4) is 11.5 Å². The Kier molecular flexibility index (Phi) is 4.09. The summed E-state index contributed by atoms with van der Waals surface area (Å²) < 4.78 is 13.3. The maximum atomic E-state index is 6.00. The first kappa shape index (κ1) is 16.0. The summed E-state index contributed by atoms with van der Waals surface area (Å²) in [6.07, 6.45) is 3.06. The highest BCUT2D eigenvalue weighted by molar-refractivity contribution is 5.79. The molecule has 1 aromatic heterocycles. The van der Waals surface area contributed by atoms with Gasteiger partial charge in [0.25, 0.3) is 0 Å². The lowest BCUT2D eigenvalue weighted by Crippen LogP contribution is -2.14. The van der Waals surface area contributed by atoms with Gasteiger partial charge in [0, 0.05) is 43.1 Å². The summed E-state index contributed by atoms with van der Waals surface area (Å²) in [5.74, 6) is 1.91. The quantitative estimate of drug-likeness (QED) is 0.777. The average Bonchev–Trinajstić information content (AvgIpc) is 3.17. The van der Waals surface area contributed by atoms with Gasteiger partial charge in [-0.2, -0.15) is 5.10 Å². The average molecular weight is 337 g/mol. The molecule has 4 rings (SSSR count). The standard InChI is InChI=1S/C20H23N3O2/c1-13-6-16-8-18(24-3)9-17(20(16)25-13)11-21-10-14-4-5-15-12-22-23(2)19(15)7-14/h4-5,7-9,12-13,21H,6,10-11H2,1-3H3. The van der Waals surface area contributed by atoms with Crippen LogP contribution in [0, 0.1) is 0 Å². The number of aryl methyl sites for hydroxylation is 1. The molecule has 1 atom stereocenters. The van der Waals surface area contributed by atoms with Crippen molar-refractivity contribution in [2.75, 3.05) is 7.11 Å². The van der Waals surface area contributed by atoms with E-state index in [1.165, 1.54) is 16.5 Å². The van der Waals surface area contributed by atoms with Crippen LogP contribution in [0.5, 0.6) is 11.5 Å². The fourth-order valence-electron chi connectivity index (χ4n) is 3.47. The van der Waals surface area contributed by atoms with Crippen molar-refractivity contribution in [3.05, 3.63) is 53.2 Å². The number of nitrogens with zero attached hydrogens (tertiary/aromatic N) is 2. The lowest BCUT2D eigenvalue weighted by molar-refractivity contribution is 0.252. The van der Waals surface area contributed by atoms with Crippen LogP contribution in [-0.4, -0.2) is 23.0 Å². The van der Waals surface area contributed by atoms with Crippen LogP contribution in [0.1, 0.15) is 23.6 Å². The van der Waals surface area contributed by atoms with E-state index >= 15 is 0 Å². The van der Waals surface area contributed by atoms with Crippen LogP contribution in [0.15, 0.2) is 36.5 Å². The number of benzene rings is 2. The van der Waals surface area contributed by atoms with E-state index in [-0.39, 0.29) is 6.10 Å². The third-order valence-corrected chi connectivity index (χ3v) is 4.74. The van der Waals surface area contributed by atoms with Crippen LogP contribution in [-0.2, 0) is 26.6 Å². The molecule has 3 aromatic rings. The highest BCUT2D eigenvalue weighted by atomic mass is 16.5. The van der Waals surface area contributed by atoms with E-state index in [4.69, 9.17) is 9.47 Å². The molecule has 0 radical (unpaired) electrons. The van der Waals surface area contributed by atoms with E-state index in [1.54, 1.807) is 7.11 Å². The molecule has 25 heavy (non-hydrogen) atoms. The van der Waals surface area contributed by atoms with Crippen LogP contribution in [0.25, 0.3) is 10.9 Å². The molecule has 1 unspecified atom stereocenters. The fraction of sp³-hybridized carbons (Fsp3) is 0.350. The predicted molar refractivity (Wildman–Crippen MR) is 98.0 cm³/mol. The molecule has 0 amide bonds. The molecule has 130 valence electrons. The van der Waals surface area contributed by atoms with Gasteiger partial charge in [-0.25, -0.2) is 0 Å². The van der Waals surface area contributed by atoms with Gasteiger partial charge in [0.05, 0.1) is 18.8 Å². The Morgan fingerprint density at radius 1 is 1.28 bits per heavy atom. The SMILES string of the molecule is COc1cc(CNCc2ccc3cnn(C)c3c2)c2c(c1)CC(C)O2. The largest absolute Gasteiger partial charge is 0.497 e. The molecule has 0 aliphatic carbocycles. The van der Waals surface area contributed by atoms with Crippen molar-refractivity contribution in [2.45, 2.75) is 32.5 Å². The maximum Gasteiger partial charge on any atom is 0.127 e. The lowest BCUT2D eigenvalue weighted by Gasteiger charge is -2.12. The van der Waals surface area contributed by atoms with Gasteiger partial charge in [0.1, 0.15) is 17.6 Å². The number of ether oxygens (including phenoxy) is 2. The van der Waals surface area contributed by atoms with Gasteiger partial charge in [-0.15, -0.1) is 0 Å². The predicted octanol–water partition coefficient (Wildman–Crippen LogP) is 3.20. The van der Waals surface area contributed by atoms with E-state index in [2.05, 4.69) is 47.7 Å². The van der Waals surface area contributed by atoms with Gasteiger partial charge in [-0.3, -0.25) is 4.68 Å². The molecular weight excluding hydrogens is 314 g/mol. The summed E-state index contributed by atoms with van der Waals surface area (Å²) >= 11 is 0. The second kappa shape index (κ2) is 6.41. The van der Waals surface area contributed by atoms with Gasteiger partial charge in [0.2, 0.25) is 0 Å². The number of methoxy groups -OCH3 is 1. The maximum absolute atomic E-state index is 6.00. The Morgan fingerprint density at radius 3 is 3.00 bits per heavy atom. The Balaban J connectivity index is 1.49. The smallest absolute Gasteiger partial charge is 0.127 e. The molecule has 0 saturated heterocycles. The van der Waals surface area contributed by atoms with Crippen LogP contribution in [0.2, 0.25) is 0 Å². The number of hydrogen-bond acceptors (Lipinski definition) is 4. The van der Waals surface area contributed by atoms with E-state index in [9.17, 15) is 0 Å². The first-order valence-electron chi connectivity index (χ1n) is 8.62. The van der Waals surface area contributed by atoms with Crippen LogP contribution in [0.3, 0.4) is 0 Å². The second-order valence-corrected chi connectivity index (χ2v) is 6.67. The molecule has 2 aromatic carbocycles. The number of aromatic nitrogens is 2. The summed E-state index contributed by atoms with van der Waals surface area (Å²) in [6.45, 7) is 3.64. The number of hydrogen-bond donors (Lipinski definition) is 1. The van der Waals surface area contributed by atoms with E-state index in [1.807, 2.05) is 17.9 Å². The minimum Gasteiger partial charge on any atom is -0.497 e. The molecule has 2 heterocycles. The molecule has 0 bridgehead atoms. The van der Waals surface area contributed by atoms with Gasteiger partial charge in [0.15, 0.2) is 0 Å². The Hall–Kier alpha value is -2.53. The van der Waals surface area contributed by atoms with E-state index in [0.717, 1.165) is 42.1 Å². The lowest BCUT2D eigenvalue weighted by atomic mass is 10.1. The van der Waals surface area contributed by atoms with Crippen molar-refractivity contribution in [2.24, 2.45) is 7.05 Å². The second-order valence-electron chi connectivity index (χ2n) is 6.67. The molecule has 1 aliphatic heterocycles. The molecule has 5 heteroatoms. The molecule has 0 saturated carbocycles. The zero-order valence-electron chi connectivity index (χ0n) is 14.9. The van der Waals surface area contributed by atoms with Gasteiger partial charge < -0.3 is 14.8 Å². The zero-order chi connectivity index (χ0) is 17.4. The summed E-state index contributed by atoms with van der Waals surface area (Å²) in [5.41, 5.74) is 4.78. The first-order chi connectivity index (χ1) is 12.1. The summed E-state index contributed by atoms with van der Waals surface area (Å²) in [6, 6.07) is 10.6. The van der Waals surface area contributed by atoms with Crippen molar-refractivity contribution in [3.63, 3.8) is 0 Å². The fourth-order valence-corrected chi connectivity index (χ4v) is 3.47. The third-order valence-electron chi connectivity index (χ3n) is 4.74. The zero-order valence-corrected chi connectivity index (χ0v) is 14.9. The Bertz CT molecular complexity index is 917. The highest BCUT2D eigenvalue weighted by Crippen LogP contribution is 2.36. The molecule has 0 fully saturated rings. The normalized spacial score (nSPS) is 16.0. The van der Waals surface area contributed by atoms with Crippen LogP contribution >= 0.6 is 0 Å². The van der Waals surface area contributed by atoms with Crippen LogP contribution in [0.4, 0.5) is 0 Å². The molecular formula is C20H23N3O2. The number of rotatable bonds is 5. The topological polar surface area (TPSA) is 48.3 Å². The van der Waals surface area contributed by atoms with Crippen molar-refractivity contribution in [1.82, 2.24) is 15.1 Å². The number of fused-ring (bicyclic) bond motifs is 2. The summed E-state index contributed by atoms with van der Waals surface area (Å²) in [7, 11) is 3.68. The Labute approximate surface area is 147 Å². The third kappa shape index (κ3) is 3.07. The van der Waals surface area contributed by atoms with E-state index < -0.39 is 0 Å². The minimum atomic E-state index is 0.230. The molecule has 1 aliphatic rings. The molecule has 1 N–H and O–H groups in total. The van der Waals surface area contributed by atoms with Crippen LogP contribution < -0.4 is 14.8 Å². The van der Waals surface area contributed by atoms with Gasteiger partial charge in [-0.05, 0) is 30.7 Å². The minimum absolute atomic E-state index is 0.230. The van der Waals surface area contributed by atoms with Crippen molar-refractivity contribution in [1.29, 1.82) is 0 Å². The van der Waals surface area contributed by atoms with Crippen molar-refractivity contribution >= 4 is 10.9 Å².